The second-order valence-electron chi connectivity index (χ2n) is 8.11. The van der Waals surface area contributed by atoms with Gasteiger partial charge < -0.3 is 25.0 Å². The molecule has 7 heteroatoms. The second-order valence-corrected chi connectivity index (χ2v) is 8.11. The average molecular weight is 337 g/mol. The van der Waals surface area contributed by atoms with Gasteiger partial charge in [0, 0.05) is 45.1 Å². The highest BCUT2D eigenvalue weighted by Gasteiger charge is 2.54. The van der Waals surface area contributed by atoms with Crippen LogP contribution in [0.25, 0.3) is 0 Å². The number of carbonyl (C=O) groups is 2. The Bertz CT molecular complexity index is 538. The lowest BCUT2D eigenvalue weighted by atomic mass is 9.64. The molecule has 0 radical (unpaired) electrons. The maximum atomic E-state index is 11.6. The van der Waals surface area contributed by atoms with Gasteiger partial charge in [-0.25, -0.2) is 9.59 Å². The molecule has 3 aliphatic heterocycles. The first-order valence-corrected chi connectivity index (χ1v) is 9.17. The first kappa shape index (κ1) is 16.0. The van der Waals surface area contributed by atoms with Gasteiger partial charge in [0.25, 0.3) is 0 Å². The van der Waals surface area contributed by atoms with Crippen molar-refractivity contribution < 1.29 is 19.4 Å². The van der Waals surface area contributed by atoms with Crippen LogP contribution in [0.15, 0.2) is 0 Å². The maximum absolute atomic E-state index is 11.6. The van der Waals surface area contributed by atoms with Crippen LogP contribution in [0.1, 0.15) is 45.4 Å². The van der Waals surface area contributed by atoms with E-state index in [0.717, 1.165) is 51.6 Å². The number of rotatable bonds is 2. The van der Waals surface area contributed by atoms with Crippen LogP contribution in [-0.4, -0.2) is 71.0 Å². The van der Waals surface area contributed by atoms with E-state index in [4.69, 9.17) is 9.84 Å². The van der Waals surface area contributed by atoms with E-state index in [-0.39, 0.29) is 23.2 Å². The minimum atomic E-state index is -0.781. The van der Waals surface area contributed by atoms with Crippen molar-refractivity contribution in [1.29, 1.82) is 0 Å². The fourth-order valence-electron chi connectivity index (χ4n) is 5.38. The minimum Gasteiger partial charge on any atom is -0.465 e. The van der Waals surface area contributed by atoms with Crippen molar-refractivity contribution in [3.63, 3.8) is 0 Å². The van der Waals surface area contributed by atoms with Crippen LogP contribution in [0.3, 0.4) is 0 Å². The molecule has 2 N–H and O–H groups in total. The normalized spacial score (nSPS) is 38.2. The summed E-state index contributed by atoms with van der Waals surface area (Å²) in [7, 11) is 0. The fraction of sp³-hybridized carbons (Fsp3) is 0.882. The molecule has 1 aliphatic carbocycles. The molecule has 3 heterocycles. The van der Waals surface area contributed by atoms with Gasteiger partial charge in [0.05, 0.1) is 6.04 Å². The van der Waals surface area contributed by atoms with Crippen molar-refractivity contribution >= 4 is 12.2 Å². The van der Waals surface area contributed by atoms with E-state index in [1.54, 1.807) is 4.90 Å². The molecule has 24 heavy (non-hydrogen) atoms. The molecule has 4 aliphatic rings. The van der Waals surface area contributed by atoms with E-state index in [0.29, 0.717) is 19.1 Å². The molecule has 1 atom stereocenters. The lowest BCUT2D eigenvalue weighted by molar-refractivity contribution is -0.0612. The second kappa shape index (κ2) is 5.51. The van der Waals surface area contributed by atoms with E-state index in [1.165, 1.54) is 0 Å². The zero-order valence-electron chi connectivity index (χ0n) is 14.3. The molecular weight excluding hydrogens is 310 g/mol. The van der Waals surface area contributed by atoms with Gasteiger partial charge in [0.15, 0.2) is 0 Å². The van der Waals surface area contributed by atoms with Crippen molar-refractivity contribution in [1.82, 2.24) is 15.1 Å². The largest absolute Gasteiger partial charge is 0.465 e. The van der Waals surface area contributed by atoms with Gasteiger partial charge in [0.1, 0.15) is 5.60 Å². The molecule has 4 fully saturated rings. The molecule has 0 bridgehead atoms. The zero-order valence-corrected chi connectivity index (χ0v) is 14.3. The summed E-state index contributed by atoms with van der Waals surface area (Å²) in [6.07, 6.45) is 4.88. The molecule has 3 saturated heterocycles. The van der Waals surface area contributed by atoms with Gasteiger partial charge in [-0.1, -0.05) is 6.92 Å². The van der Waals surface area contributed by atoms with Crippen molar-refractivity contribution in [3.8, 4) is 0 Å². The van der Waals surface area contributed by atoms with Gasteiger partial charge in [0.2, 0.25) is 0 Å². The SMILES string of the molecule is CCC1NC(=O)OC12CCN(C1CC3(CCN(C(=O)O)C3)C1)CC2. The Balaban J connectivity index is 1.31. The van der Waals surface area contributed by atoms with Crippen LogP contribution >= 0.6 is 0 Å². The van der Waals surface area contributed by atoms with Gasteiger partial charge in [-0.05, 0) is 31.1 Å². The van der Waals surface area contributed by atoms with E-state index in [9.17, 15) is 9.59 Å². The summed E-state index contributed by atoms with van der Waals surface area (Å²) in [5, 5.41) is 12.1. The number of likely N-dealkylation sites (tertiary alicyclic amines) is 2. The standard InChI is InChI=1S/C17H27N3O4/c1-2-13-17(24-14(21)18-13)4-7-19(8-5-17)12-9-16(10-12)3-6-20(11-16)15(22)23/h12-13H,2-11H2,1H3,(H,18,21)(H,22,23). The number of carboxylic acid groups (broad SMARTS) is 1. The number of alkyl carbamates (subject to hydrolysis) is 1. The van der Waals surface area contributed by atoms with Gasteiger partial charge in [-0.2, -0.15) is 0 Å². The smallest absolute Gasteiger partial charge is 0.408 e. The number of nitrogens with zero attached hydrogens (tertiary/aromatic N) is 2. The van der Waals surface area contributed by atoms with Crippen molar-refractivity contribution in [2.45, 2.75) is 63.1 Å². The van der Waals surface area contributed by atoms with E-state index in [2.05, 4.69) is 17.1 Å². The third-order valence-electron chi connectivity index (χ3n) is 6.84. The minimum absolute atomic E-state index is 0.138. The Morgan fingerprint density at radius 1 is 1.29 bits per heavy atom. The first-order valence-electron chi connectivity index (χ1n) is 9.17. The molecule has 4 rings (SSSR count). The Morgan fingerprint density at radius 3 is 2.58 bits per heavy atom. The van der Waals surface area contributed by atoms with Gasteiger partial charge in [-0.3, -0.25) is 0 Å². The predicted octanol–water partition coefficient (Wildman–Crippen LogP) is 1.87. The summed E-state index contributed by atoms with van der Waals surface area (Å²) in [6.45, 7) is 5.42. The van der Waals surface area contributed by atoms with E-state index >= 15 is 0 Å². The number of ether oxygens (including phenoxy) is 1. The summed E-state index contributed by atoms with van der Waals surface area (Å²) < 4.78 is 5.66. The van der Waals surface area contributed by atoms with Gasteiger partial charge >= 0.3 is 12.2 Å². The van der Waals surface area contributed by atoms with Crippen molar-refractivity contribution in [2.24, 2.45) is 5.41 Å². The zero-order chi connectivity index (χ0) is 16.9. The quantitative estimate of drug-likeness (QED) is 0.804. The third kappa shape index (κ3) is 2.44. The summed E-state index contributed by atoms with van der Waals surface area (Å²) in [4.78, 5) is 26.8. The van der Waals surface area contributed by atoms with Crippen LogP contribution in [-0.2, 0) is 4.74 Å². The highest BCUT2D eigenvalue weighted by atomic mass is 16.6. The van der Waals surface area contributed by atoms with Crippen LogP contribution in [0.4, 0.5) is 9.59 Å². The van der Waals surface area contributed by atoms with Crippen LogP contribution < -0.4 is 5.32 Å². The summed E-state index contributed by atoms with van der Waals surface area (Å²) in [5.41, 5.74) is -0.0806. The first-order chi connectivity index (χ1) is 11.5. The predicted molar refractivity (Wildman–Crippen MR) is 86.9 cm³/mol. The van der Waals surface area contributed by atoms with Crippen LogP contribution in [0, 0.1) is 5.41 Å². The molecular formula is C17H27N3O4. The molecule has 134 valence electrons. The Kier molecular flexibility index (Phi) is 3.67. The number of nitrogens with one attached hydrogen (secondary N) is 1. The number of amides is 2. The Morgan fingerprint density at radius 2 is 2.00 bits per heavy atom. The fourth-order valence-corrected chi connectivity index (χ4v) is 5.38. The van der Waals surface area contributed by atoms with Crippen LogP contribution in [0.2, 0.25) is 0 Å². The van der Waals surface area contributed by atoms with E-state index in [1.807, 2.05) is 0 Å². The monoisotopic (exact) mass is 337 g/mol. The summed E-state index contributed by atoms with van der Waals surface area (Å²) in [5.74, 6) is 0. The van der Waals surface area contributed by atoms with Gasteiger partial charge in [-0.15, -0.1) is 0 Å². The number of carbonyl (C=O) groups excluding carboxylic acids is 1. The number of hydrogen-bond acceptors (Lipinski definition) is 4. The summed E-state index contributed by atoms with van der Waals surface area (Å²) in [6, 6.07) is 0.708. The number of hydrogen-bond donors (Lipinski definition) is 2. The van der Waals surface area contributed by atoms with Crippen LogP contribution in [0.5, 0.6) is 0 Å². The van der Waals surface area contributed by atoms with Crippen molar-refractivity contribution in [3.05, 3.63) is 0 Å². The number of piperidine rings is 1. The topological polar surface area (TPSA) is 82.1 Å². The molecule has 7 nitrogen and oxygen atoms in total. The third-order valence-corrected chi connectivity index (χ3v) is 6.84. The molecule has 1 unspecified atom stereocenters. The molecule has 2 amide bonds. The molecule has 1 saturated carbocycles. The molecule has 2 spiro atoms. The molecule has 0 aromatic heterocycles. The maximum Gasteiger partial charge on any atom is 0.408 e. The Labute approximate surface area is 142 Å². The lowest BCUT2D eigenvalue weighted by Crippen LogP contribution is -2.58. The summed E-state index contributed by atoms with van der Waals surface area (Å²) >= 11 is 0. The average Bonchev–Trinajstić information content (AvgIpc) is 3.09. The molecule has 0 aromatic rings. The highest BCUT2D eigenvalue weighted by Crippen LogP contribution is 2.51. The molecule has 0 aromatic carbocycles. The lowest BCUT2D eigenvalue weighted by Gasteiger charge is -2.52. The highest BCUT2D eigenvalue weighted by molar-refractivity contribution is 5.71. The Hall–Kier alpha value is -1.50. The van der Waals surface area contributed by atoms with E-state index < -0.39 is 6.09 Å². The van der Waals surface area contributed by atoms with Crippen molar-refractivity contribution in [2.75, 3.05) is 26.2 Å².